The van der Waals surface area contributed by atoms with Crippen LogP contribution in [-0.2, 0) is 4.74 Å². The van der Waals surface area contributed by atoms with Crippen LogP contribution >= 0.6 is 34.2 Å². The van der Waals surface area contributed by atoms with E-state index in [1.54, 1.807) is 11.8 Å². The number of tetrazole rings is 1. The summed E-state index contributed by atoms with van der Waals surface area (Å²) in [6.07, 6.45) is 0. The number of nitrogens with zero attached hydrogens (tertiary/aromatic N) is 4. The fourth-order valence-electron chi connectivity index (χ4n) is 1.76. The summed E-state index contributed by atoms with van der Waals surface area (Å²) < 4.78 is 7.74. The highest BCUT2D eigenvalue weighted by molar-refractivity contribution is 14.1. The number of halogens is 2. The molecule has 0 bridgehead atoms. The highest BCUT2D eigenvalue weighted by Gasteiger charge is 2.17. The Morgan fingerprint density at radius 1 is 1.50 bits per heavy atom. The molecular weight excluding hydrogens is 393 g/mol. The summed E-state index contributed by atoms with van der Waals surface area (Å²) in [4.78, 5) is 0. The fourth-order valence-corrected chi connectivity index (χ4v) is 2.69. The predicted molar refractivity (Wildman–Crippen MR) is 85.2 cm³/mol. The third-order valence-electron chi connectivity index (χ3n) is 2.78. The first kappa shape index (κ1) is 15.6. The molecule has 0 fully saturated rings. The minimum atomic E-state index is -0.00417. The van der Waals surface area contributed by atoms with Crippen molar-refractivity contribution < 1.29 is 4.74 Å². The zero-order valence-corrected chi connectivity index (χ0v) is 14.1. The molecule has 0 amide bonds. The van der Waals surface area contributed by atoms with E-state index in [4.69, 9.17) is 16.3 Å². The number of nitrogens with one attached hydrogen (secondary N) is 1. The van der Waals surface area contributed by atoms with Crippen LogP contribution in [0.1, 0.15) is 18.8 Å². The zero-order valence-electron chi connectivity index (χ0n) is 11.2. The van der Waals surface area contributed by atoms with E-state index in [1.165, 1.54) is 0 Å². The second kappa shape index (κ2) is 7.30. The number of hydrogen-bond donors (Lipinski definition) is 1. The number of rotatable bonds is 6. The molecule has 6 nitrogen and oxygen atoms in total. The van der Waals surface area contributed by atoms with Crippen LogP contribution in [0.4, 0.5) is 0 Å². The lowest BCUT2D eigenvalue weighted by molar-refractivity contribution is 0.196. The Labute approximate surface area is 136 Å². The summed E-state index contributed by atoms with van der Waals surface area (Å²) in [5, 5.41) is 15.8. The summed E-state index contributed by atoms with van der Waals surface area (Å²) >= 11 is 8.48. The topological polar surface area (TPSA) is 64.9 Å². The average molecular weight is 408 g/mol. The minimum Gasteiger partial charge on any atom is -0.383 e. The largest absolute Gasteiger partial charge is 0.383 e. The van der Waals surface area contributed by atoms with Gasteiger partial charge in [-0.1, -0.05) is 11.6 Å². The maximum atomic E-state index is 6.26. The first-order valence-electron chi connectivity index (χ1n) is 6.09. The Kier molecular flexibility index (Phi) is 5.70. The number of benzene rings is 1. The maximum absolute atomic E-state index is 6.26. The normalized spacial score (nSPS) is 12.6. The Bertz CT molecular complexity index is 577. The molecule has 0 aliphatic carbocycles. The molecule has 0 spiro atoms. The molecule has 0 aliphatic heterocycles. The van der Waals surface area contributed by atoms with E-state index in [2.05, 4.69) is 43.4 Å². The molecule has 108 valence electrons. The van der Waals surface area contributed by atoms with E-state index in [9.17, 15) is 0 Å². The smallest absolute Gasteiger partial charge is 0.173 e. The van der Waals surface area contributed by atoms with Crippen molar-refractivity contribution in [2.45, 2.75) is 13.0 Å². The van der Waals surface area contributed by atoms with Crippen LogP contribution in [0.3, 0.4) is 0 Å². The summed E-state index contributed by atoms with van der Waals surface area (Å²) in [5.74, 6) is 0.712. The van der Waals surface area contributed by atoms with Gasteiger partial charge in [0.05, 0.1) is 23.4 Å². The van der Waals surface area contributed by atoms with Crippen molar-refractivity contribution in [3.05, 3.63) is 32.6 Å². The van der Waals surface area contributed by atoms with Gasteiger partial charge in [0, 0.05) is 17.2 Å². The van der Waals surface area contributed by atoms with Crippen molar-refractivity contribution >= 4 is 34.2 Å². The van der Waals surface area contributed by atoms with Gasteiger partial charge >= 0.3 is 0 Å². The maximum Gasteiger partial charge on any atom is 0.173 e. The Balaban J connectivity index is 2.23. The van der Waals surface area contributed by atoms with E-state index in [1.807, 2.05) is 25.1 Å². The van der Waals surface area contributed by atoms with Gasteiger partial charge < -0.3 is 10.1 Å². The standard InChI is InChI=1S/C12H15ClIN5O/c1-8(15-5-6-20-2)12-16-17-18-19(12)11-4-3-9(14)7-10(11)13/h3-4,7-8,15H,5-6H2,1-2H3. The van der Waals surface area contributed by atoms with Gasteiger partial charge in [0.1, 0.15) is 0 Å². The molecule has 0 saturated carbocycles. The van der Waals surface area contributed by atoms with E-state index in [0.29, 0.717) is 17.5 Å². The van der Waals surface area contributed by atoms with Crippen LogP contribution in [0.25, 0.3) is 5.69 Å². The van der Waals surface area contributed by atoms with Crippen LogP contribution in [0.2, 0.25) is 5.02 Å². The summed E-state index contributed by atoms with van der Waals surface area (Å²) in [6, 6.07) is 5.75. The average Bonchev–Trinajstić information content (AvgIpc) is 2.88. The van der Waals surface area contributed by atoms with Crippen LogP contribution in [-0.4, -0.2) is 40.5 Å². The predicted octanol–water partition coefficient (Wildman–Crippen LogP) is 2.22. The molecule has 1 aromatic heterocycles. The molecule has 1 atom stereocenters. The van der Waals surface area contributed by atoms with Crippen LogP contribution in [0.5, 0.6) is 0 Å². The fraction of sp³-hybridized carbons (Fsp3) is 0.417. The number of methoxy groups -OCH3 is 1. The third kappa shape index (κ3) is 3.66. The number of ether oxygens (including phenoxy) is 1. The molecule has 1 aromatic carbocycles. The molecule has 20 heavy (non-hydrogen) atoms. The van der Waals surface area contributed by atoms with Gasteiger partial charge in [-0.05, 0) is 58.1 Å². The Morgan fingerprint density at radius 2 is 2.30 bits per heavy atom. The molecular formula is C12H15ClIN5O. The quantitative estimate of drug-likeness (QED) is 0.588. The van der Waals surface area contributed by atoms with E-state index in [-0.39, 0.29) is 6.04 Å². The van der Waals surface area contributed by atoms with Crippen LogP contribution < -0.4 is 5.32 Å². The summed E-state index contributed by atoms with van der Waals surface area (Å²) in [5.41, 5.74) is 0.771. The highest BCUT2D eigenvalue weighted by atomic mass is 127. The zero-order chi connectivity index (χ0) is 14.5. The second-order valence-corrected chi connectivity index (χ2v) is 5.87. The van der Waals surface area contributed by atoms with Crippen molar-refractivity contribution in [3.63, 3.8) is 0 Å². The molecule has 1 heterocycles. The van der Waals surface area contributed by atoms with Crippen molar-refractivity contribution in [1.82, 2.24) is 25.5 Å². The van der Waals surface area contributed by atoms with Gasteiger partial charge in [0.15, 0.2) is 5.82 Å². The molecule has 0 saturated heterocycles. The van der Waals surface area contributed by atoms with Gasteiger partial charge in [0.2, 0.25) is 0 Å². The van der Waals surface area contributed by atoms with Gasteiger partial charge in [-0.15, -0.1) is 5.10 Å². The molecule has 2 aromatic rings. The highest BCUT2D eigenvalue weighted by Crippen LogP contribution is 2.24. The minimum absolute atomic E-state index is 0.00417. The van der Waals surface area contributed by atoms with Crippen LogP contribution in [0.15, 0.2) is 18.2 Å². The Hall–Kier alpha value is -0.770. The molecule has 8 heteroatoms. The number of aromatic nitrogens is 4. The molecule has 2 rings (SSSR count). The molecule has 1 N–H and O–H groups in total. The molecule has 0 aliphatic rings. The van der Waals surface area contributed by atoms with Gasteiger partial charge in [-0.2, -0.15) is 4.68 Å². The molecule has 0 radical (unpaired) electrons. The van der Waals surface area contributed by atoms with Gasteiger partial charge in [0.25, 0.3) is 0 Å². The summed E-state index contributed by atoms with van der Waals surface area (Å²) in [6.45, 7) is 3.36. The lowest BCUT2D eigenvalue weighted by Crippen LogP contribution is -2.25. The summed E-state index contributed by atoms with van der Waals surface area (Å²) in [7, 11) is 1.67. The van der Waals surface area contributed by atoms with Crippen molar-refractivity contribution in [2.24, 2.45) is 0 Å². The van der Waals surface area contributed by atoms with Gasteiger partial charge in [-0.25, -0.2) is 0 Å². The first-order chi connectivity index (χ1) is 9.63. The van der Waals surface area contributed by atoms with Crippen LogP contribution in [0, 0.1) is 3.57 Å². The molecule has 1 unspecified atom stereocenters. The van der Waals surface area contributed by atoms with E-state index < -0.39 is 0 Å². The van der Waals surface area contributed by atoms with E-state index in [0.717, 1.165) is 15.8 Å². The van der Waals surface area contributed by atoms with Crippen molar-refractivity contribution in [1.29, 1.82) is 0 Å². The van der Waals surface area contributed by atoms with Gasteiger partial charge in [-0.3, -0.25) is 0 Å². The Morgan fingerprint density at radius 3 is 3.00 bits per heavy atom. The number of hydrogen-bond acceptors (Lipinski definition) is 5. The lowest BCUT2D eigenvalue weighted by Gasteiger charge is -2.14. The SMILES string of the molecule is COCCNC(C)c1nnnn1-c1ccc(I)cc1Cl. The lowest BCUT2D eigenvalue weighted by atomic mass is 10.3. The van der Waals surface area contributed by atoms with E-state index >= 15 is 0 Å². The third-order valence-corrected chi connectivity index (χ3v) is 3.75. The second-order valence-electron chi connectivity index (χ2n) is 4.21. The monoisotopic (exact) mass is 407 g/mol. The van der Waals surface area contributed by atoms with Crippen molar-refractivity contribution in [2.75, 3.05) is 20.3 Å². The first-order valence-corrected chi connectivity index (χ1v) is 7.55. The van der Waals surface area contributed by atoms with Crippen molar-refractivity contribution in [3.8, 4) is 5.69 Å².